The van der Waals surface area contributed by atoms with Crippen LogP contribution in [0, 0.1) is 5.92 Å². The lowest BCUT2D eigenvalue weighted by atomic mass is 9.90. The van der Waals surface area contributed by atoms with E-state index < -0.39 is 0 Å². The van der Waals surface area contributed by atoms with Gasteiger partial charge in [0.1, 0.15) is 0 Å². The summed E-state index contributed by atoms with van der Waals surface area (Å²) in [5.74, 6) is 0.837. The molecule has 0 aromatic carbocycles. The lowest BCUT2D eigenvalue weighted by Gasteiger charge is -2.38. The molecule has 1 rings (SSSR count). The molecule has 0 radical (unpaired) electrons. The molecule has 0 aromatic rings. The number of thioether (sulfide) groups is 1. The highest BCUT2D eigenvalue weighted by Gasteiger charge is 2.28. The van der Waals surface area contributed by atoms with Gasteiger partial charge in [-0.3, -0.25) is 0 Å². The summed E-state index contributed by atoms with van der Waals surface area (Å²) in [5, 5.41) is 3.86. The van der Waals surface area contributed by atoms with E-state index in [1.807, 2.05) is 11.8 Å². The van der Waals surface area contributed by atoms with Crippen LogP contribution in [0.3, 0.4) is 0 Å². The second-order valence-corrected chi connectivity index (χ2v) is 7.74. The summed E-state index contributed by atoms with van der Waals surface area (Å²) in [5.41, 5.74) is 0. The molecule has 0 amide bonds. The van der Waals surface area contributed by atoms with E-state index >= 15 is 0 Å². The Labute approximate surface area is 131 Å². The SMILES string of the molecule is CCCN1CCCC(C(C)NCC(CC)(CC)SC)C1. The number of hydrogen-bond acceptors (Lipinski definition) is 3. The normalized spacial score (nSPS) is 22.9. The van der Waals surface area contributed by atoms with Crippen LogP contribution in [0.25, 0.3) is 0 Å². The monoisotopic (exact) mass is 300 g/mol. The van der Waals surface area contributed by atoms with Crippen molar-refractivity contribution in [1.82, 2.24) is 10.2 Å². The van der Waals surface area contributed by atoms with Crippen molar-refractivity contribution in [3.8, 4) is 0 Å². The zero-order valence-corrected chi connectivity index (χ0v) is 15.2. The summed E-state index contributed by atoms with van der Waals surface area (Å²) >= 11 is 2.04. The van der Waals surface area contributed by atoms with Crippen molar-refractivity contribution in [3.63, 3.8) is 0 Å². The van der Waals surface area contributed by atoms with E-state index in [2.05, 4.69) is 44.2 Å². The number of hydrogen-bond donors (Lipinski definition) is 1. The highest BCUT2D eigenvalue weighted by atomic mass is 32.2. The van der Waals surface area contributed by atoms with Crippen LogP contribution >= 0.6 is 11.8 Å². The lowest BCUT2D eigenvalue weighted by molar-refractivity contribution is 0.150. The lowest BCUT2D eigenvalue weighted by Crippen LogP contribution is -2.48. The first-order valence-corrected chi connectivity index (χ1v) is 9.84. The van der Waals surface area contributed by atoms with Crippen molar-refractivity contribution in [2.45, 2.75) is 70.6 Å². The summed E-state index contributed by atoms with van der Waals surface area (Å²) in [6.45, 7) is 14.4. The maximum absolute atomic E-state index is 3.86. The Morgan fingerprint density at radius 3 is 2.55 bits per heavy atom. The Morgan fingerprint density at radius 2 is 2.00 bits per heavy atom. The predicted octanol–water partition coefficient (Wildman–Crippen LogP) is 4.01. The molecule has 2 atom stereocenters. The summed E-state index contributed by atoms with van der Waals surface area (Å²) in [7, 11) is 0. The fraction of sp³-hybridized carbons (Fsp3) is 1.00. The van der Waals surface area contributed by atoms with Gasteiger partial charge in [0.05, 0.1) is 0 Å². The van der Waals surface area contributed by atoms with Gasteiger partial charge in [-0.2, -0.15) is 11.8 Å². The summed E-state index contributed by atoms with van der Waals surface area (Å²) in [6, 6.07) is 0.652. The Bertz CT molecular complexity index is 243. The van der Waals surface area contributed by atoms with Crippen molar-refractivity contribution in [2.24, 2.45) is 5.92 Å². The van der Waals surface area contributed by atoms with Crippen LogP contribution in [-0.4, -0.2) is 48.1 Å². The molecule has 1 fully saturated rings. The standard InChI is InChI=1S/C17H36N2S/c1-6-11-19-12-9-10-16(13-19)15(4)18-14-17(7-2,8-3)20-5/h15-16,18H,6-14H2,1-5H3. The number of rotatable bonds is 9. The van der Waals surface area contributed by atoms with Gasteiger partial charge in [0.15, 0.2) is 0 Å². The number of nitrogens with one attached hydrogen (secondary N) is 1. The molecular weight excluding hydrogens is 264 g/mol. The predicted molar refractivity (Wildman–Crippen MR) is 93.7 cm³/mol. The van der Waals surface area contributed by atoms with E-state index in [1.165, 1.54) is 51.7 Å². The zero-order chi connectivity index (χ0) is 15.0. The maximum Gasteiger partial charge on any atom is 0.0276 e. The van der Waals surface area contributed by atoms with Gasteiger partial charge in [-0.25, -0.2) is 0 Å². The minimum absolute atomic E-state index is 0.437. The van der Waals surface area contributed by atoms with Gasteiger partial charge < -0.3 is 10.2 Å². The highest BCUT2D eigenvalue weighted by molar-refractivity contribution is 8.00. The Balaban J connectivity index is 2.43. The van der Waals surface area contributed by atoms with Crippen LogP contribution in [0.2, 0.25) is 0 Å². The Hall–Kier alpha value is 0.270. The van der Waals surface area contributed by atoms with Gasteiger partial charge in [0.25, 0.3) is 0 Å². The van der Waals surface area contributed by atoms with Gasteiger partial charge in [-0.05, 0) is 64.3 Å². The molecule has 2 unspecified atom stereocenters. The smallest absolute Gasteiger partial charge is 0.0276 e. The molecule has 120 valence electrons. The zero-order valence-electron chi connectivity index (χ0n) is 14.4. The van der Waals surface area contributed by atoms with Crippen LogP contribution in [-0.2, 0) is 0 Å². The second-order valence-electron chi connectivity index (χ2n) is 6.47. The molecule has 0 bridgehead atoms. The topological polar surface area (TPSA) is 15.3 Å². The van der Waals surface area contributed by atoms with Crippen LogP contribution in [0.1, 0.15) is 59.8 Å². The number of nitrogens with zero attached hydrogens (tertiary/aromatic N) is 1. The maximum atomic E-state index is 3.86. The summed E-state index contributed by atoms with van der Waals surface area (Å²) in [4.78, 5) is 2.66. The molecule has 0 saturated carbocycles. The van der Waals surface area contributed by atoms with E-state index in [1.54, 1.807) is 0 Å². The van der Waals surface area contributed by atoms with Gasteiger partial charge >= 0.3 is 0 Å². The average Bonchev–Trinajstić information content (AvgIpc) is 2.49. The molecule has 1 aliphatic rings. The molecule has 3 heteroatoms. The molecule has 1 N–H and O–H groups in total. The van der Waals surface area contributed by atoms with Crippen LogP contribution in [0.15, 0.2) is 0 Å². The fourth-order valence-corrected chi connectivity index (χ4v) is 4.20. The highest BCUT2D eigenvalue weighted by Crippen LogP contribution is 2.30. The van der Waals surface area contributed by atoms with Crippen molar-refractivity contribution >= 4 is 11.8 Å². The van der Waals surface area contributed by atoms with Gasteiger partial charge in [-0.15, -0.1) is 0 Å². The van der Waals surface area contributed by atoms with E-state index in [-0.39, 0.29) is 0 Å². The molecule has 20 heavy (non-hydrogen) atoms. The molecule has 1 heterocycles. The average molecular weight is 301 g/mol. The molecule has 0 aliphatic carbocycles. The minimum atomic E-state index is 0.437. The van der Waals surface area contributed by atoms with Gasteiger partial charge in [-0.1, -0.05) is 20.8 Å². The third-order valence-electron chi connectivity index (χ3n) is 5.26. The Morgan fingerprint density at radius 1 is 1.30 bits per heavy atom. The van der Waals surface area contributed by atoms with Crippen LogP contribution < -0.4 is 5.32 Å². The van der Waals surface area contributed by atoms with Gasteiger partial charge in [0, 0.05) is 23.9 Å². The number of likely N-dealkylation sites (tertiary alicyclic amines) is 1. The quantitative estimate of drug-likeness (QED) is 0.692. The third kappa shape index (κ3) is 5.23. The van der Waals surface area contributed by atoms with Crippen LogP contribution in [0.5, 0.6) is 0 Å². The molecular formula is C17H36N2S. The molecule has 0 spiro atoms. The summed E-state index contributed by atoms with van der Waals surface area (Å²) < 4.78 is 0.437. The van der Waals surface area contributed by atoms with Gasteiger partial charge in [0.2, 0.25) is 0 Å². The first kappa shape index (κ1) is 18.3. The third-order valence-corrected chi connectivity index (χ3v) is 6.84. The van der Waals surface area contributed by atoms with E-state index in [0.717, 1.165) is 12.5 Å². The fourth-order valence-electron chi connectivity index (χ4n) is 3.39. The molecule has 1 aliphatic heterocycles. The van der Waals surface area contributed by atoms with Crippen molar-refractivity contribution in [1.29, 1.82) is 0 Å². The van der Waals surface area contributed by atoms with E-state index in [0.29, 0.717) is 10.8 Å². The molecule has 0 aromatic heterocycles. The largest absolute Gasteiger partial charge is 0.313 e. The summed E-state index contributed by atoms with van der Waals surface area (Å²) in [6.07, 6.45) is 8.86. The van der Waals surface area contributed by atoms with Crippen molar-refractivity contribution in [2.75, 3.05) is 32.4 Å². The first-order chi connectivity index (χ1) is 9.60. The van der Waals surface area contributed by atoms with E-state index in [4.69, 9.17) is 0 Å². The first-order valence-electron chi connectivity index (χ1n) is 8.61. The molecule has 1 saturated heterocycles. The minimum Gasteiger partial charge on any atom is -0.313 e. The van der Waals surface area contributed by atoms with Crippen LogP contribution in [0.4, 0.5) is 0 Å². The number of piperidine rings is 1. The second kappa shape index (κ2) is 9.32. The molecule has 2 nitrogen and oxygen atoms in total. The Kier molecular flexibility index (Phi) is 8.54. The van der Waals surface area contributed by atoms with E-state index in [9.17, 15) is 0 Å². The van der Waals surface area contributed by atoms with Crippen molar-refractivity contribution in [3.05, 3.63) is 0 Å². The van der Waals surface area contributed by atoms with Crippen molar-refractivity contribution < 1.29 is 0 Å².